The topological polar surface area (TPSA) is 95.1 Å². The Bertz CT molecular complexity index is 1380. The Morgan fingerprint density at radius 3 is 1.92 bits per heavy atom. The molecule has 0 aliphatic rings. The molecule has 0 bridgehead atoms. The highest BCUT2D eigenvalue weighted by atomic mass is 16.5. The molecule has 8 heteroatoms. The minimum Gasteiger partial charge on any atom is -0.491 e. The van der Waals surface area contributed by atoms with E-state index in [1.54, 1.807) is 43.3 Å². The Kier molecular flexibility index (Phi) is 9.39. The molecule has 0 saturated heterocycles. The van der Waals surface area contributed by atoms with Crippen molar-refractivity contribution in [1.29, 1.82) is 0 Å². The van der Waals surface area contributed by atoms with Crippen molar-refractivity contribution in [3.8, 4) is 17.2 Å². The SMILES string of the molecule is CCOC(=O)Nc1c(C(=O)Nc2ccc(OCc3ccccc3)cc2)ccc(OCc2ccccc2)c1OC. The fourth-order valence-electron chi connectivity index (χ4n) is 3.77. The molecule has 2 amide bonds. The molecular weight excluding hydrogens is 496 g/mol. The van der Waals surface area contributed by atoms with Gasteiger partial charge in [-0.3, -0.25) is 10.1 Å². The van der Waals surface area contributed by atoms with Gasteiger partial charge in [0.25, 0.3) is 5.91 Å². The van der Waals surface area contributed by atoms with E-state index in [0.717, 1.165) is 11.1 Å². The van der Waals surface area contributed by atoms with Gasteiger partial charge < -0.3 is 24.3 Å². The van der Waals surface area contributed by atoms with E-state index in [-0.39, 0.29) is 30.2 Å². The first-order valence-corrected chi connectivity index (χ1v) is 12.5. The number of nitrogens with one attached hydrogen (secondary N) is 2. The van der Waals surface area contributed by atoms with Gasteiger partial charge in [-0.15, -0.1) is 0 Å². The summed E-state index contributed by atoms with van der Waals surface area (Å²) in [7, 11) is 1.44. The fraction of sp³-hybridized carbons (Fsp3) is 0.161. The van der Waals surface area contributed by atoms with Gasteiger partial charge in [0.2, 0.25) is 0 Å². The van der Waals surface area contributed by atoms with E-state index in [4.69, 9.17) is 18.9 Å². The third kappa shape index (κ3) is 7.52. The predicted octanol–water partition coefficient (Wildman–Crippen LogP) is 6.67. The first kappa shape index (κ1) is 27.1. The molecule has 0 saturated carbocycles. The van der Waals surface area contributed by atoms with Crippen molar-refractivity contribution in [3.05, 3.63) is 114 Å². The quantitative estimate of drug-likeness (QED) is 0.227. The zero-order valence-electron chi connectivity index (χ0n) is 21.8. The smallest absolute Gasteiger partial charge is 0.411 e. The highest BCUT2D eigenvalue weighted by molar-refractivity contribution is 6.11. The van der Waals surface area contributed by atoms with Crippen molar-refractivity contribution in [2.45, 2.75) is 20.1 Å². The number of ether oxygens (including phenoxy) is 4. The molecule has 0 fully saturated rings. The van der Waals surface area contributed by atoms with E-state index in [1.807, 2.05) is 60.7 Å². The summed E-state index contributed by atoms with van der Waals surface area (Å²) in [5, 5.41) is 5.48. The number of carbonyl (C=O) groups excluding carboxylic acids is 2. The van der Waals surface area contributed by atoms with Gasteiger partial charge in [0.1, 0.15) is 24.7 Å². The highest BCUT2D eigenvalue weighted by Gasteiger charge is 2.22. The number of hydrogen-bond donors (Lipinski definition) is 2. The maximum Gasteiger partial charge on any atom is 0.411 e. The number of rotatable bonds is 11. The third-order valence-corrected chi connectivity index (χ3v) is 5.67. The Balaban J connectivity index is 1.51. The summed E-state index contributed by atoms with van der Waals surface area (Å²) < 4.78 is 22.4. The predicted molar refractivity (Wildman–Crippen MR) is 150 cm³/mol. The molecule has 4 rings (SSSR count). The Hall–Kier alpha value is -4.98. The van der Waals surface area contributed by atoms with Crippen LogP contribution in [0.3, 0.4) is 0 Å². The van der Waals surface area contributed by atoms with E-state index in [1.165, 1.54) is 7.11 Å². The van der Waals surface area contributed by atoms with Crippen LogP contribution in [0, 0.1) is 0 Å². The molecule has 4 aromatic carbocycles. The number of amides is 2. The molecule has 200 valence electrons. The fourth-order valence-corrected chi connectivity index (χ4v) is 3.77. The van der Waals surface area contributed by atoms with Crippen LogP contribution in [0.5, 0.6) is 17.2 Å². The summed E-state index contributed by atoms with van der Waals surface area (Å²) in [6.45, 7) is 2.57. The molecule has 0 aliphatic heterocycles. The molecule has 0 atom stereocenters. The number of benzene rings is 4. The average Bonchev–Trinajstić information content (AvgIpc) is 2.97. The van der Waals surface area contributed by atoms with E-state index in [9.17, 15) is 9.59 Å². The van der Waals surface area contributed by atoms with Crippen molar-refractivity contribution in [1.82, 2.24) is 0 Å². The van der Waals surface area contributed by atoms with Crippen LogP contribution in [-0.2, 0) is 18.0 Å². The number of hydrogen-bond acceptors (Lipinski definition) is 6. The maximum atomic E-state index is 13.3. The van der Waals surface area contributed by atoms with Crippen LogP contribution in [0.2, 0.25) is 0 Å². The Labute approximate surface area is 227 Å². The minimum atomic E-state index is -0.718. The van der Waals surface area contributed by atoms with Gasteiger partial charge in [0.15, 0.2) is 11.5 Å². The second-order valence-electron chi connectivity index (χ2n) is 8.39. The largest absolute Gasteiger partial charge is 0.491 e. The zero-order chi connectivity index (χ0) is 27.5. The van der Waals surface area contributed by atoms with Gasteiger partial charge in [-0.05, 0) is 54.4 Å². The lowest BCUT2D eigenvalue weighted by molar-refractivity contribution is 0.102. The standard InChI is InChI=1S/C31H30N2O6/c1-3-37-31(35)33-28-26(18-19-27(29(28)36-2)39-21-23-12-8-5-9-13-23)30(34)32-24-14-16-25(17-15-24)38-20-22-10-6-4-7-11-22/h4-19H,3,20-21H2,1-2H3,(H,32,34)(H,33,35). The molecular formula is C31H30N2O6. The summed E-state index contributed by atoms with van der Waals surface area (Å²) in [5.41, 5.74) is 2.88. The zero-order valence-corrected chi connectivity index (χ0v) is 21.8. The molecule has 0 spiro atoms. The van der Waals surface area contributed by atoms with E-state index >= 15 is 0 Å². The van der Waals surface area contributed by atoms with E-state index in [0.29, 0.717) is 23.8 Å². The lowest BCUT2D eigenvalue weighted by atomic mass is 10.1. The van der Waals surface area contributed by atoms with Crippen molar-refractivity contribution in [3.63, 3.8) is 0 Å². The number of methoxy groups -OCH3 is 1. The summed E-state index contributed by atoms with van der Waals surface area (Å²) in [4.78, 5) is 25.6. The molecule has 0 radical (unpaired) electrons. The van der Waals surface area contributed by atoms with Crippen LogP contribution in [0.15, 0.2) is 97.1 Å². The number of carbonyl (C=O) groups is 2. The molecule has 0 unspecified atom stereocenters. The molecule has 4 aromatic rings. The van der Waals surface area contributed by atoms with Crippen molar-refractivity contribution >= 4 is 23.4 Å². The van der Waals surface area contributed by atoms with Crippen LogP contribution < -0.4 is 24.8 Å². The number of anilines is 2. The molecule has 39 heavy (non-hydrogen) atoms. The van der Waals surface area contributed by atoms with Crippen LogP contribution in [0.25, 0.3) is 0 Å². The van der Waals surface area contributed by atoms with Gasteiger partial charge in [0.05, 0.1) is 19.3 Å². The van der Waals surface area contributed by atoms with Crippen LogP contribution >= 0.6 is 0 Å². The normalized spacial score (nSPS) is 10.3. The van der Waals surface area contributed by atoms with Crippen LogP contribution in [0.1, 0.15) is 28.4 Å². The first-order valence-electron chi connectivity index (χ1n) is 12.5. The summed E-state index contributed by atoms with van der Waals surface area (Å²) in [6, 6.07) is 29.7. The summed E-state index contributed by atoms with van der Waals surface area (Å²) in [6.07, 6.45) is -0.718. The Morgan fingerprint density at radius 2 is 1.33 bits per heavy atom. The second kappa shape index (κ2) is 13.5. The monoisotopic (exact) mass is 526 g/mol. The second-order valence-corrected chi connectivity index (χ2v) is 8.39. The van der Waals surface area contributed by atoms with E-state index < -0.39 is 12.0 Å². The van der Waals surface area contributed by atoms with Crippen molar-refractivity contribution in [2.75, 3.05) is 24.4 Å². The lowest BCUT2D eigenvalue weighted by Gasteiger charge is -2.18. The van der Waals surface area contributed by atoms with Gasteiger partial charge >= 0.3 is 6.09 Å². The maximum absolute atomic E-state index is 13.3. The van der Waals surface area contributed by atoms with E-state index in [2.05, 4.69) is 10.6 Å². The minimum absolute atomic E-state index is 0.141. The van der Waals surface area contributed by atoms with Gasteiger partial charge in [0, 0.05) is 5.69 Å². The van der Waals surface area contributed by atoms with Crippen LogP contribution in [0.4, 0.5) is 16.2 Å². The molecule has 0 heterocycles. The molecule has 0 aliphatic carbocycles. The Morgan fingerprint density at radius 1 is 0.718 bits per heavy atom. The van der Waals surface area contributed by atoms with Gasteiger partial charge in [-0.2, -0.15) is 0 Å². The third-order valence-electron chi connectivity index (χ3n) is 5.67. The summed E-state index contributed by atoms with van der Waals surface area (Å²) in [5.74, 6) is 0.789. The average molecular weight is 527 g/mol. The highest BCUT2D eigenvalue weighted by Crippen LogP contribution is 2.39. The molecule has 8 nitrogen and oxygen atoms in total. The van der Waals surface area contributed by atoms with Crippen molar-refractivity contribution in [2.24, 2.45) is 0 Å². The van der Waals surface area contributed by atoms with Crippen molar-refractivity contribution < 1.29 is 28.5 Å². The molecule has 2 N–H and O–H groups in total. The summed E-state index contributed by atoms with van der Waals surface area (Å²) >= 11 is 0. The first-order chi connectivity index (χ1) is 19.1. The van der Waals surface area contributed by atoms with Gasteiger partial charge in [-0.1, -0.05) is 60.7 Å². The lowest BCUT2D eigenvalue weighted by Crippen LogP contribution is -2.20. The van der Waals surface area contributed by atoms with Gasteiger partial charge in [-0.25, -0.2) is 4.79 Å². The molecule has 0 aromatic heterocycles. The van der Waals surface area contributed by atoms with Crippen LogP contribution in [-0.4, -0.2) is 25.7 Å².